The summed E-state index contributed by atoms with van der Waals surface area (Å²) in [5, 5.41) is 7.41. The molecule has 1 N–H and O–H groups in total. The van der Waals surface area contributed by atoms with Gasteiger partial charge in [-0.2, -0.15) is 5.10 Å². The first-order valence-corrected chi connectivity index (χ1v) is 9.46. The molecule has 1 saturated heterocycles. The Hall–Kier alpha value is -2.34. The van der Waals surface area contributed by atoms with Gasteiger partial charge in [-0.05, 0) is 36.5 Å². The van der Waals surface area contributed by atoms with Gasteiger partial charge in [0.05, 0.1) is 13.2 Å². The maximum atomic E-state index is 12.8. The molecule has 2 aromatic rings. The van der Waals surface area contributed by atoms with Crippen molar-refractivity contribution in [2.75, 3.05) is 19.8 Å². The molecule has 1 saturated carbocycles. The van der Waals surface area contributed by atoms with E-state index in [2.05, 4.69) is 22.5 Å². The number of benzene rings is 1. The van der Waals surface area contributed by atoms with Crippen LogP contribution in [-0.2, 0) is 17.8 Å². The summed E-state index contributed by atoms with van der Waals surface area (Å²) in [6, 6.07) is 10.6. The third kappa shape index (κ3) is 4.25. The normalized spacial score (nSPS) is 19.5. The summed E-state index contributed by atoms with van der Waals surface area (Å²) in [5.41, 5.74) is 2.31. The van der Waals surface area contributed by atoms with Gasteiger partial charge >= 0.3 is 6.03 Å². The first kappa shape index (κ1) is 17.1. The van der Waals surface area contributed by atoms with Crippen LogP contribution in [-0.4, -0.2) is 46.5 Å². The van der Waals surface area contributed by atoms with Crippen molar-refractivity contribution in [3.63, 3.8) is 0 Å². The number of amides is 2. The molecule has 26 heavy (non-hydrogen) atoms. The van der Waals surface area contributed by atoms with E-state index in [0.717, 1.165) is 44.6 Å². The number of urea groups is 1. The number of carbonyl (C=O) groups excluding carboxylic acids is 1. The number of nitrogens with zero attached hydrogens (tertiary/aromatic N) is 3. The molecule has 0 radical (unpaired) electrons. The molecule has 1 atom stereocenters. The average Bonchev–Trinajstić information content (AvgIpc) is 3.13. The fourth-order valence-corrected chi connectivity index (χ4v) is 3.51. The van der Waals surface area contributed by atoms with E-state index >= 15 is 0 Å². The second-order valence-corrected chi connectivity index (χ2v) is 7.24. The fourth-order valence-electron chi connectivity index (χ4n) is 3.51. The molecule has 0 bridgehead atoms. The standard InChI is InChI=1S/C20H26N4O2/c25-20(24(19-6-7-19)13-16-8-11-26-15-16)21-12-17-4-1-2-5-18(17)14-23-10-3-9-22-23/h1-5,9-10,16,19H,6-8,11-15H2,(H,21,25). The van der Waals surface area contributed by atoms with E-state index in [-0.39, 0.29) is 6.03 Å². The summed E-state index contributed by atoms with van der Waals surface area (Å²) in [6.07, 6.45) is 7.04. The summed E-state index contributed by atoms with van der Waals surface area (Å²) in [6.45, 7) is 3.67. The molecule has 2 fully saturated rings. The quantitative estimate of drug-likeness (QED) is 0.832. The molecular formula is C20H26N4O2. The average molecular weight is 354 g/mol. The highest BCUT2D eigenvalue weighted by Gasteiger charge is 2.34. The largest absolute Gasteiger partial charge is 0.381 e. The lowest BCUT2D eigenvalue weighted by molar-refractivity contribution is 0.162. The Morgan fingerprint density at radius 3 is 2.77 bits per heavy atom. The van der Waals surface area contributed by atoms with Gasteiger partial charge in [-0.1, -0.05) is 24.3 Å². The van der Waals surface area contributed by atoms with Crippen LogP contribution >= 0.6 is 0 Å². The van der Waals surface area contributed by atoms with E-state index in [1.165, 1.54) is 5.56 Å². The number of carbonyl (C=O) groups is 1. The molecule has 4 rings (SSSR count). The lowest BCUT2D eigenvalue weighted by Crippen LogP contribution is -2.43. The number of hydrogen-bond acceptors (Lipinski definition) is 3. The molecule has 2 aliphatic rings. The first-order chi connectivity index (χ1) is 12.8. The van der Waals surface area contributed by atoms with Crippen molar-refractivity contribution < 1.29 is 9.53 Å². The fraction of sp³-hybridized carbons (Fsp3) is 0.500. The molecule has 0 spiro atoms. The van der Waals surface area contributed by atoms with Crippen molar-refractivity contribution in [2.24, 2.45) is 5.92 Å². The predicted octanol–water partition coefficient (Wildman–Crippen LogP) is 2.64. The molecular weight excluding hydrogens is 328 g/mol. The third-order valence-corrected chi connectivity index (χ3v) is 5.17. The maximum absolute atomic E-state index is 12.8. The topological polar surface area (TPSA) is 59.4 Å². The van der Waals surface area contributed by atoms with Crippen molar-refractivity contribution in [3.8, 4) is 0 Å². The Bertz CT molecular complexity index is 721. The Morgan fingerprint density at radius 2 is 2.08 bits per heavy atom. The van der Waals surface area contributed by atoms with Gasteiger partial charge in [0.1, 0.15) is 0 Å². The number of hydrogen-bond donors (Lipinski definition) is 1. The minimum absolute atomic E-state index is 0.0493. The molecule has 6 heteroatoms. The molecule has 1 aliphatic carbocycles. The molecule has 138 valence electrons. The SMILES string of the molecule is O=C(NCc1ccccc1Cn1cccn1)N(CC1CCOC1)C1CC1. The van der Waals surface area contributed by atoms with Gasteiger partial charge in [-0.25, -0.2) is 4.79 Å². The summed E-state index contributed by atoms with van der Waals surface area (Å²) in [4.78, 5) is 14.8. The number of ether oxygens (including phenoxy) is 1. The van der Waals surface area contributed by atoms with Crippen molar-refractivity contribution in [3.05, 3.63) is 53.9 Å². The smallest absolute Gasteiger partial charge is 0.317 e. The van der Waals surface area contributed by atoms with Gasteiger partial charge in [-0.3, -0.25) is 4.68 Å². The monoisotopic (exact) mass is 354 g/mol. The van der Waals surface area contributed by atoms with Gasteiger partial charge in [0.2, 0.25) is 0 Å². The van der Waals surface area contributed by atoms with Crippen molar-refractivity contribution in [1.29, 1.82) is 0 Å². The number of rotatable bonds is 7. The Kier molecular flexibility index (Phi) is 5.20. The highest BCUT2D eigenvalue weighted by atomic mass is 16.5. The Balaban J connectivity index is 1.37. The highest BCUT2D eigenvalue weighted by Crippen LogP contribution is 2.29. The maximum Gasteiger partial charge on any atom is 0.317 e. The first-order valence-electron chi connectivity index (χ1n) is 9.46. The number of nitrogens with one attached hydrogen (secondary N) is 1. The Labute approximate surface area is 154 Å². The summed E-state index contributed by atoms with van der Waals surface area (Å²) < 4.78 is 7.37. The predicted molar refractivity (Wildman–Crippen MR) is 98.7 cm³/mol. The molecule has 1 aliphatic heterocycles. The van der Waals surface area contributed by atoms with Crippen LogP contribution in [0.4, 0.5) is 4.79 Å². The van der Waals surface area contributed by atoms with Gasteiger partial charge in [0.15, 0.2) is 0 Å². The molecule has 2 heterocycles. The molecule has 6 nitrogen and oxygen atoms in total. The van der Waals surface area contributed by atoms with Crippen LogP contribution in [0.2, 0.25) is 0 Å². The minimum atomic E-state index is 0.0493. The molecule has 2 amide bonds. The van der Waals surface area contributed by atoms with Crippen LogP contribution in [0.15, 0.2) is 42.7 Å². The van der Waals surface area contributed by atoms with Crippen LogP contribution in [0.25, 0.3) is 0 Å². The van der Waals surface area contributed by atoms with E-state index in [1.807, 2.05) is 34.0 Å². The van der Waals surface area contributed by atoms with Gasteiger partial charge < -0.3 is 15.0 Å². The lowest BCUT2D eigenvalue weighted by Gasteiger charge is -2.25. The van der Waals surface area contributed by atoms with Crippen LogP contribution in [0.3, 0.4) is 0 Å². The minimum Gasteiger partial charge on any atom is -0.381 e. The molecule has 1 unspecified atom stereocenters. The van der Waals surface area contributed by atoms with E-state index in [4.69, 9.17) is 4.74 Å². The van der Waals surface area contributed by atoms with E-state index in [1.54, 1.807) is 6.20 Å². The van der Waals surface area contributed by atoms with Crippen LogP contribution in [0, 0.1) is 5.92 Å². The zero-order chi connectivity index (χ0) is 17.8. The second kappa shape index (κ2) is 7.91. The van der Waals surface area contributed by atoms with Crippen LogP contribution in [0.1, 0.15) is 30.4 Å². The summed E-state index contributed by atoms with van der Waals surface area (Å²) in [5.74, 6) is 0.480. The van der Waals surface area contributed by atoms with Crippen molar-refractivity contribution in [2.45, 2.75) is 38.4 Å². The van der Waals surface area contributed by atoms with Gasteiger partial charge in [0, 0.05) is 44.0 Å². The van der Waals surface area contributed by atoms with Crippen molar-refractivity contribution in [1.82, 2.24) is 20.0 Å². The summed E-state index contributed by atoms with van der Waals surface area (Å²) >= 11 is 0. The summed E-state index contributed by atoms with van der Waals surface area (Å²) in [7, 11) is 0. The molecule has 1 aromatic carbocycles. The van der Waals surface area contributed by atoms with Gasteiger partial charge in [-0.15, -0.1) is 0 Å². The van der Waals surface area contributed by atoms with E-state index in [0.29, 0.717) is 25.0 Å². The van der Waals surface area contributed by atoms with Crippen molar-refractivity contribution >= 4 is 6.03 Å². The van der Waals surface area contributed by atoms with E-state index < -0.39 is 0 Å². The zero-order valence-electron chi connectivity index (χ0n) is 15.0. The van der Waals surface area contributed by atoms with Crippen LogP contribution in [0.5, 0.6) is 0 Å². The second-order valence-electron chi connectivity index (χ2n) is 7.24. The van der Waals surface area contributed by atoms with Gasteiger partial charge in [0.25, 0.3) is 0 Å². The third-order valence-electron chi connectivity index (χ3n) is 5.17. The highest BCUT2D eigenvalue weighted by molar-refractivity contribution is 5.75. The zero-order valence-corrected chi connectivity index (χ0v) is 15.0. The Morgan fingerprint density at radius 1 is 1.23 bits per heavy atom. The van der Waals surface area contributed by atoms with E-state index in [9.17, 15) is 4.79 Å². The van der Waals surface area contributed by atoms with Crippen LogP contribution < -0.4 is 5.32 Å². The molecule has 1 aromatic heterocycles. The number of aromatic nitrogens is 2. The lowest BCUT2D eigenvalue weighted by atomic mass is 10.1.